The molecule has 0 spiro atoms. The van der Waals surface area contributed by atoms with Gasteiger partial charge in [0, 0.05) is 32.5 Å². The number of benzene rings is 1. The van der Waals surface area contributed by atoms with E-state index in [-0.39, 0.29) is 6.10 Å². The molecule has 1 aliphatic rings. The number of rotatable bonds is 6. The van der Waals surface area contributed by atoms with Gasteiger partial charge < -0.3 is 19.5 Å². The van der Waals surface area contributed by atoms with Crippen LogP contribution in [0.2, 0.25) is 0 Å². The number of ether oxygens (including phenoxy) is 2. The molecule has 1 saturated heterocycles. The molecule has 0 saturated carbocycles. The molecule has 1 heterocycles. The molecule has 1 N–H and O–H groups in total. The highest BCUT2D eigenvalue weighted by Crippen LogP contribution is 2.21. The number of hydrogen-bond acceptors (Lipinski definition) is 4. The highest BCUT2D eigenvalue weighted by molar-refractivity contribution is 5.55. The lowest BCUT2D eigenvalue weighted by molar-refractivity contribution is -0.0573. The van der Waals surface area contributed by atoms with Crippen LogP contribution in [0, 0.1) is 13.8 Å². The average Bonchev–Trinajstić information content (AvgIpc) is 2.49. The van der Waals surface area contributed by atoms with Crippen molar-refractivity contribution in [3.63, 3.8) is 0 Å². The molecule has 1 aromatic carbocycles. The van der Waals surface area contributed by atoms with Crippen LogP contribution in [0.3, 0.4) is 0 Å². The van der Waals surface area contributed by atoms with E-state index in [0.29, 0.717) is 13.2 Å². The molecule has 0 aliphatic carbocycles. The number of anilines is 1. The first-order valence-electron chi connectivity index (χ1n) is 7.72. The average molecular weight is 293 g/mol. The minimum Gasteiger partial charge on any atom is -0.389 e. The van der Waals surface area contributed by atoms with Gasteiger partial charge in [-0.3, -0.25) is 0 Å². The quantitative estimate of drug-likeness (QED) is 0.874. The molecule has 1 aliphatic heterocycles. The van der Waals surface area contributed by atoms with E-state index in [0.717, 1.165) is 26.1 Å². The lowest BCUT2D eigenvalue weighted by Crippen LogP contribution is -2.35. The Hall–Kier alpha value is -1.10. The van der Waals surface area contributed by atoms with Gasteiger partial charge in [0.25, 0.3) is 0 Å². The van der Waals surface area contributed by atoms with E-state index in [4.69, 9.17) is 9.47 Å². The van der Waals surface area contributed by atoms with Gasteiger partial charge in [0.05, 0.1) is 18.8 Å². The summed E-state index contributed by atoms with van der Waals surface area (Å²) < 4.78 is 11.1. The third-order valence-electron chi connectivity index (χ3n) is 4.16. The monoisotopic (exact) mass is 293 g/mol. The summed E-state index contributed by atoms with van der Waals surface area (Å²) in [5.74, 6) is 0. The van der Waals surface area contributed by atoms with Crippen LogP contribution in [0.1, 0.15) is 24.0 Å². The second kappa shape index (κ2) is 7.78. The van der Waals surface area contributed by atoms with E-state index in [1.54, 1.807) is 0 Å². The Morgan fingerprint density at radius 1 is 1.33 bits per heavy atom. The molecule has 0 aromatic heterocycles. The maximum absolute atomic E-state index is 10.2. The first-order valence-corrected chi connectivity index (χ1v) is 7.72. The van der Waals surface area contributed by atoms with E-state index < -0.39 is 6.10 Å². The molecule has 4 nitrogen and oxygen atoms in total. The van der Waals surface area contributed by atoms with Gasteiger partial charge in [0.1, 0.15) is 0 Å². The van der Waals surface area contributed by atoms with Gasteiger partial charge in [-0.25, -0.2) is 0 Å². The van der Waals surface area contributed by atoms with Gasteiger partial charge in [-0.15, -0.1) is 0 Å². The Bertz CT molecular complexity index is 444. The molecule has 2 rings (SSSR count). The second-order valence-electron chi connectivity index (χ2n) is 5.90. The minimum absolute atomic E-state index is 0.236. The van der Waals surface area contributed by atoms with Crippen molar-refractivity contribution in [3.05, 3.63) is 29.3 Å². The number of likely N-dealkylation sites (N-methyl/N-ethyl adjacent to an activating group) is 1. The molecule has 118 valence electrons. The van der Waals surface area contributed by atoms with Crippen molar-refractivity contribution in [3.8, 4) is 0 Å². The van der Waals surface area contributed by atoms with Gasteiger partial charge in [-0.1, -0.05) is 12.1 Å². The van der Waals surface area contributed by atoms with Gasteiger partial charge in [0.2, 0.25) is 0 Å². The maximum Gasteiger partial charge on any atom is 0.0948 e. The Morgan fingerprint density at radius 2 is 2.05 bits per heavy atom. The van der Waals surface area contributed by atoms with E-state index >= 15 is 0 Å². The van der Waals surface area contributed by atoms with Crippen molar-refractivity contribution >= 4 is 5.69 Å². The summed E-state index contributed by atoms with van der Waals surface area (Å²) in [5.41, 5.74) is 3.70. The van der Waals surface area contributed by atoms with Crippen LogP contribution in [0.4, 0.5) is 5.69 Å². The first kappa shape index (κ1) is 16.3. The number of hydrogen-bond donors (Lipinski definition) is 1. The molecule has 21 heavy (non-hydrogen) atoms. The van der Waals surface area contributed by atoms with Gasteiger partial charge >= 0.3 is 0 Å². The fourth-order valence-corrected chi connectivity index (χ4v) is 2.71. The summed E-state index contributed by atoms with van der Waals surface area (Å²) in [6, 6.07) is 6.25. The van der Waals surface area contributed by atoms with Crippen LogP contribution in [0.25, 0.3) is 0 Å². The van der Waals surface area contributed by atoms with Crippen LogP contribution in [0.15, 0.2) is 18.2 Å². The topological polar surface area (TPSA) is 41.9 Å². The molecule has 0 amide bonds. The zero-order chi connectivity index (χ0) is 15.2. The van der Waals surface area contributed by atoms with Crippen molar-refractivity contribution in [2.45, 2.75) is 38.9 Å². The summed E-state index contributed by atoms with van der Waals surface area (Å²) in [6.07, 6.45) is 1.62. The fourth-order valence-electron chi connectivity index (χ4n) is 2.71. The highest BCUT2D eigenvalue weighted by Gasteiger charge is 2.17. The summed E-state index contributed by atoms with van der Waals surface area (Å²) in [5, 5.41) is 10.2. The standard InChI is InChI=1S/C17H27NO3/c1-13-5-4-6-17(14(13)2)18(3)11-15(19)12-21-16-7-9-20-10-8-16/h4-6,15-16,19H,7-12H2,1-3H3. The molecule has 1 atom stereocenters. The number of nitrogens with zero attached hydrogens (tertiary/aromatic N) is 1. The third kappa shape index (κ3) is 4.70. The largest absolute Gasteiger partial charge is 0.389 e. The van der Waals surface area contributed by atoms with Crippen LogP contribution in [0.5, 0.6) is 0 Å². The Balaban J connectivity index is 1.81. The lowest BCUT2D eigenvalue weighted by atomic mass is 10.1. The summed E-state index contributed by atoms with van der Waals surface area (Å²) >= 11 is 0. The lowest BCUT2D eigenvalue weighted by Gasteiger charge is -2.27. The first-order chi connectivity index (χ1) is 10.1. The van der Waals surface area contributed by atoms with Crippen molar-refractivity contribution in [1.29, 1.82) is 0 Å². The number of aliphatic hydroxyl groups excluding tert-OH is 1. The molecule has 0 radical (unpaired) electrons. The van der Waals surface area contributed by atoms with Crippen molar-refractivity contribution < 1.29 is 14.6 Å². The summed E-state index contributed by atoms with van der Waals surface area (Å²) in [6.45, 7) is 6.73. The van der Waals surface area contributed by atoms with Crippen LogP contribution < -0.4 is 4.90 Å². The Kier molecular flexibility index (Phi) is 6.03. The zero-order valence-corrected chi connectivity index (χ0v) is 13.3. The van der Waals surface area contributed by atoms with E-state index in [1.807, 2.05) is 7.05 Å². The smallest absolute Gasteiger partial charge is 0.0948 e. The molecular formula is C17H27NO3. The van der Waals surface area contributed by atoms with Crippen LogP contribution >= 0.6 is 0 Å². The van der Waals surface area contributed by atoms with E-state index in [1.165, 1.54) is 16.8 Å². The predicted octanol–water partition coefficient (Wildman–Crippen LogP) is 2.30. The van der Waals surface area contributed by atoms with Crippen molar-refractivity contribution in [2.24, 2.45) is 0 Å². The zero-order valence-electron chi connectivity index (χ0n) is 13.3. The van der Waals surface area contributed by atoms with Gasteiger partial charge in [-0.05, 0) is 43.9 Å². The second-order valence-corrected chi connectivity index (χ2v) is 5.90. The molecule has 1 fully saturated rings. The number of aryl methyl sites for hydroxylation is 1. The summed E-state index contributed by atoms with van der Waals surface area (Å²) in [7, 11) is 2.01. The molecule has 1 unspecified atom stereocenters. The number of aliphatic hydroxyl groups is 1. The van der Waals surface area contributed by atoms with Gasteiger partial charge in [-0.2, -0.15) is 0 Å². The Morgan fingerprint density at radius 3 is 2.76 bits per heavy atom. The summed E-state index contributed by atoms with van der Waals surface area (Å²) in [4.78, 5) is 2.10. The maximum atomic E-state index is 10.2. The predicted molar refractivity (Wildman–Crippen MR) is 85.0 cm³/mol. The van der Waals surface area contributed by atoms with Crippen LogP contribution in [-0.2, 0) is 9.47 Å². The van der Waals surface area contributed by atoms with E-state index in [2.05, 4.69) is 36.9 Å². The van der Waals surface area contributed by atoms with E-state index in [9.17, 15) is 5.11 Å². The molecule has 1 aromatic rings. The minimum atomic E-state index is -0.474. The Labute approximate surface area is 127 Å². The fraction of sp³-hybridized carbons (Fsp3) is 0.647. The molecular weight excluding hydrogens is 266 g/mol. The van der Waals surface area contributed by atoms with Crippen LogP contribution in [-0.4, -0.2) is 50.7 Å². The van der Waals surface area contributed by atoms with Crippen molar-refractivity contribution in [1.82, 2.24) is 0 Å². The normalized spacial score (nSPS) is 17.7. The molecule has 4 heteroatoms. The third-order valence-corrected chi connectivity index (χ3v) is 4.16. The van der Waals surface area contributed by atoms with Crippen molar-refractivity contribution in [2.75, 3.05) is 38.3 Å². The molecule has 0 bridgehead atoms. The van der Waals surface area contributed by atoms with Gasteiger partial charge in [0.15, 0.2) is 0 Å². The highest BCUT2D eigenvalue weighted by atomic mass is 16.5. The SMILES string of the molecule is Cc1cccc(N(C)CC(O)COC2CCOCC2)c1C.